The lowest BCUT2D eigenvalue weighted by atomic mass is 9.81. The van der Waals surface area contributed by atoms with Gasteiger partial charge in [-0.15, -0.1) is 0 Å². The molecule has 0 aliphatic heterocycles. The van der Waals surface area contributed by atoms with Crippen LogP contribution < -0.4 is 5.32 Å². The van der Waals surface area contributed by atoms with Gasteiger partial charge >= 0.3 is 5.97 Å². The summed E-state index contributed by atoms with van der Waals surface area (Å²) in [5.41, 5.74) is 0. The van der Waals surface area contributed by atoms with Gasteiger partial charge in [0.15, 0.2) is 0 Å². The highest BCUT2D eigenvalue weighted by molar-refractivity contribution is 5.80. The number of aliphatic carboxylic acids is 1. The third-order valence-electron chi connectivity index (χ3n) is 3.97. The Kier molecular flexibility index (Phi) is 4.76. The van der Waals surface area contributed by atoms with Crippen molar-refractivity contribution >= 4 is 11.9 Å². The Balaban J connectivity index is 1.95. The van der Waals surface area contributed by atoms with Crippen molar-refractivity contribution in [3.05, 3.63) is 18.2 Å². The van der Waals surface area contributed by atoms with Crippen molar-refractivity contribution in [1.82, 2.24) is 15.3 Å². The van der Waals surface area contributed by atoms with E-state index in [0.717, 1.165) is 25.1 Å². The van der Waals surface area contributed by atoms with E-state index in [1.165, 1.54) is 0 Å². The Bertz CT molecular complexity index is 458. The number of carbonyl (C=O) groups excluding carboxylic acids is 1. The summed E-state index contributed by atoms with van der Waals surface area (Å²) in [7, 11) is 0. The molecule has 110 valence electrons. The van der Waals surface area contributed by atoms with Crippen LogP contribution in [0.15, 0.2) is 12.4 Å². The molecule has 3 unspecified atom stereocenters. The van der Waals surface area contributed by atoms with Gasteiger partial charge in [0.25, 0.3) is 0 Å². The molecule has 0 saturated heterocycles. The van der Waals surface area contributed by atoms with Crippen molar-refractivity contribution in [1.29, 1.82) is 0 Å². The molecule has 3 atom stereocenters. The molecule has 1 heterocycles. The lowest BCUT2D eigenvalue weighted by molar-refractivity contribution is -0.144. The van der Waals surface area contributed by atoms with Gasteiger partial charge < -0.3 is 15.4 Å². The van der Waals surface area contributed by atoms with E-state index >= 15 is 0 Å². The van der Waals surface area contributed by atoms with Crippen molar-refractivity contribution in [3.63, 3.8) is 0 Å². The summed E-state index contributed by atoms with van der Waals surface area (Å²) in [4.78, 5) is 30.5. The number of aromatic nitrogens is 2. The molecule has 3 N–H and O–H groups in total. The second-order valence-electron chi connectivity index (χ2n) is 5.34. The van der Waals surface area contributed by atoms with Crippen LogP contribution in [0, 0.1) is 11.8 Å². The highest BCUT2D eigenvalue weighted by atomic mass is 16.4. The molecule has 1 aromatic rings. The number of hydrogen-bond donors (Lipinski definition) is 3. The maximum Gasteiger partial charge on any atom is 0.306 e. The van der Waals surface area contributed by atoms with Crippen molar-refractivity contribution in [2.75, 3.05) is 0 Å². The van der Waals surface area contributed by atoms with Crippen LogP contribution >= 0.6 is 0 Å². The smallest absolute Gasteiger partial charge is 0.306 e. The molecule has 0 aromatic carbocycles. The van der Waals surface area contributed by atoms with E-state index in [0.29, 0.717) is 12.8 Å². The topological polar surface area (TPSA) is 95.1 Å². The molecule has 1 saturated carbocycles. The van der Waals surface area contributed by atoms with Gasteiger partial charge in [-0.2, -0.15) is 0 Å². The van der Waals surface area contributed by atoms with Crippen molar-refractivity contribution in [2.45, 2.75) is 45.1 Å². The summed E-state index contributed by atoms with van der Waals surface area (Å²) in [5.74, 6) is -0.691. The molecule has 0 radical (unpaired) electrons. The average Bonchev–Trinajstić information content (AvgIpc) is 2.98. The van der Waals surface area contributed by atoms with Gasteiger partial charge in [0.05, 0.1) is 12.0 Å². The predicted molar refractivity (Wildman–Crippen MR) is 72.8 cm³/mol. The number of hydrogen-bond acceptors (Lipinski definition) is 3. The fourth-order valence-electron chi connectivity index (χ4n) is 2.77. The molecule has 1 aromatic heterocycles. The third kappa shape index (κ3) is 3.37. The summed E-state index contributed by atoms with van der Waals surface area (Å²) in [6.07, 6.45) is 6.81. The second-order valence-corrected chi connectivity index (χ2v) is 5.34. The summed E-state index contributed by atoms with van der Waals surface area (Å²) in [6.45, 7) is 1.98. The van der Waals surface area contributed by atoms with Crippen molar-refractivity contribution in [3.8, 4) is 0 Å². The van der Waals surface area contributed by atoms with E-state index in [1.54, 1.807) is 12.4 Å². The molecule has 0 bridgehead atoms. The quantitative estimate of drug-likeness (QED) is 0.766. The number of H-pyrrole nitrogens is 1. The van der Waals surface area contributed by atoms with Gasteiger partial charge in [0.1, 0.15) is 5.82 Å². The van der Waals surface area contributed by atoms with Crippen LogP contribution in [-0.4, -0.2) is 27.0 Å². The van der Waals surface area contributed by atoms with E-state index in [4.69, 9.17) is 5.11 Å². The number of carboxylic acids is 1. The first-order chi connectivity index (χ1) is 9.61. The summed E-state index contributed by atoms with van der Waals surface area (Å²) in [5, 5.41) is 12.0. The van der Waals surface area contributed by atoms with Crippen molar-refractivity contribution < 1.29 is 14.7 Å². The van der Waals surface area contributed by atoms with Crippen LogP contribution in [0.1, 0.15) is 50.9 Å². The second kappa shape index (κ2) is 6.54. The number of rotatable bonds is 5. The molecule has 6 heteroatoms. The zero-order valence-electron chi connectivity index (χ0n) is 11.6. The Hall–Kier alpha value is -1.85. The van der Waals surface area contributed by atoms with Gasteiger partial charge in [-0.25, -0.2) is 4.98 Å². The number of carboxylic acid groups (broad SMARTS) is 1. The summed E-state index contributed by atoms with van der Waals surface area (Å²) in [6, 6.07) is -0.136. The molecule has 20 heavy (non-hydrogen) atoms. The van der Waals surface area contributed by atoms with E-state index in [2.05, 4.69) is 15.3 Å². The largest absolute Gasteiger partial charge is 0.481 e. The van der Waals surface area contributed by atoms with Crippen LogP contribution in [0.3, 0.4) is 0 Å². The van der Waals surface area contributed by atoms with E-state index in [9.17, 15) is 9.59 Å². The van der Waals surface area contributed by atoms with E-state index in [-0.39, 0.29) is 23.8 Å². The van der Waals surface area contributed by atoms with Gasteiger partial charge in [0, 0.05) is 18.3 Å². The summed E-state index contributed by atoms with van der Waals surface area (Å²) < 4.78 is 0. The Morgan fingerprint density at radius 2 is 2.25 bits per heavy atom. The molecule has 1 aliphatic rings. The molecule has 2 rings (SSSR count). The minimum absolute atomic E-state index is 0.0563. The Morgan fingerprint density at radius 3 is 2.85 bits per heavy atom. The minimum atomic E-state index is -0.791. The maximum absolute atomic E-state index is 12.3. The van der Waals surface area contributed by atoms with Crippen LogP contribution in [0.2, 0.25) is 0 Å². The number of nitrogens with zero attached hydrogens (tertiary/aromatic N) is 1. The maximum atomic E-state index is 12.3. The molecule has 0 spiro atoms. The minimum Gasteiger partial charge on any atom is -0.481 e. The number of aromatic amines is 1. The molecule has 1 amide bonds. The monoisotopic (exact) mass is 279 g/mol. The summed E-state index contributed by atoms with van der Waals surface area (Å²) >= 11 is 0. The van der Waals surface area contributed by atoms with Crippen LogP contribution in [0.25, 0.3) is 0 Å². The van der Waals surface area contributed by atoms with E-state index < -0.39 is 5.97 Å². The van der Waals surface area contributed by atoms with Gasteiger partial charge in [0.2, 0.25) is 5.91 Å². The van der Waals surface area contributed by atoms with Crippen LogP contribution in [0.5, 0.6) is 0 Å². The Morgan fingerprint density at radius 1 is 1.50 bits per heavy atom. The van der Waals surface area contributed by atoms with E-state index in [1.807, 2.05) is 6.92 Å². The molecular formula is C14H21N3O3. The zero-order valence-corrected chi connectivity index (χ0v) is 11.6. The Labute approximate surface area is 118 Å². The standard InChI is InChI=1S/C14H21N3O3/c1-2-11(12-15-6-7-16-12)17-13(18)9-4-3-5-10(8-9)14(19)20/h6-7,9-11H,2-5,8H2,1H3,(H,15,16)(H,17,18)(H,19,20). The van der Waals surface area contributed by atoms with Gasteiger partial charge in [-0.05, 0) is 25.7 Å². The predicted octanol–water partition coefficient (Wildman–Crippen LogP) is 1.87. The first-order valence-electron chi connectivity index (χ1n) is 7.14. The fourth-order valence-corrected chi connectivity index (χ4v) is 2.77. The highest BCUT2D eigenvalue weighted by Crippen LogP contribution is 2.30. The fraction of sp³-hybridized carbons (Fsp3) is 0.643. The normalized spacial score (nSPS) is 24.1. The molecule has 6 nitrogen and oxygen atoms in total. The first-order valence-corrected chi connectivity index (χ1v) is 7.14. The van der Waals surface area contributed by atoms with Crippen molar-refractivity contribution in [2.24, 2.45) is 11.8 Å². The highest BCUT2D eigenvalue weighted by Gasteiger charge is 2.32. The number of imidazole rings is 1. The SMILES string of the molecule is CCC(NC(=O)C1CCCC(C(=O)O)C1)c1ncc[nH]1. The lowest BCUT2D eigenvalue weighted by Gasteiger charge is -2.27. The first kappa shape index (κ1) is 14.6. The average molecular weight is 279 g/mol. The number of nitrogens with one attached hydrogen (secondary N) is 2. The number of amides is 1. The zero-order chi connectivity index (χ0) is 14.5. The lowest BCUT2D eigenvalue weighted by Crippen LogP contribution is -2.37. The molecule has 1 aliphatic carbocycles. The van der Waals surface area contributed by atoms with Crippen LogP contribution in [-0.2, 0) is 9.59 Å². The third-order valence-corrected chi connectivity index (χ3v) is 3.97. The molecule has 1 fully saturated rings. The van der Waals surface area contributed by atoms with Gasteiger partial charge in [-0.3, -0.25) is 9.59 Å². The van der Waals surface area contributed by atoms with Gasteiger partial charge in [-0.1, -0.05) is 13.3 Å². The molecular weight excluding hydrogens is 258 g/mol. The number of carbonyl (C=O) groups is 2. The van der Waals surface area contributed by atoms with Crippen LogP contribution in [0.4, 0.5) is 0 Å².